The zero-order chi connectivity index (χ0) is 6.85. The maximum atomic E-state index is 2.16. The van der Waals surface area contributed by atoms with E-state index in [2.05, 4.69) is 32.0 Å². The van der Waals surface area contributed by atoms with E-state index in [1.165, 1.54) is 16.3 Å². The summed E-state index contributed by atoms with van der Waals surface area (Å²) >= 11 is 0. The minimum Gasteiger partial charge on any atom is -0.0666 e. The topological polar surface area (TPSA) is 0 Å². The molecule has 0 N–H and O–H groups in total. The van der Waals surface area contributed by atoms with Crippen molar-refractivity contribution >= 4 is 15.4 Å². The van der Waals surface area contributed by atoms with E-state index < -0.39 is 0 Å². The highest BCUT2D eigenvalue weighted by atomic mass is 28.1. The summed E-state index contributed by atoms with van der Waals surface area (Å²) < 4.78 is 0. The van der Waals surface area contributed by atoms with Crippen molar-refractivity contribution in [2.75, 3.05) is 0 Å². The Morgan fingerprint density at radius 3 is 2.33 bits per heavy atom. The van der Waals surface area contributed by atoms with Crippen LogP contribution in [0, 0.1) is 13.8 Å². The van der Waals surface area contributed by atoms with Crippen molar-refractivity contribution < 1.29 is 0 Å². The van der Waals surface area contributed by atoms with Crippen molar-refractivity contribution in [1.29, 1.82) is 0 Å². The third-order valence-electron chi connectivity index (χ3n) is 1.72. The zero-order valence-corrected chi connectivity index (χ0v) is 7.35. The van der Waals surface area contributed by atoms with Gasteiger partial charge in [-0.2, -0.15) is 0 Å². The second-order valence-corrected chi connectivity index (χ2v) is 3.12. The summed E-state index contributed by atoms with van der Waals surface area (Å²) in [5.74, 6) is 0. The summed E-state index contributed by atoms with van der Waals surface area (Å²) in [7, 11) is 1.95. The standard InChI is InChI=1S/C8H11Si/c1-6-4-3-5-8(9)7(6)2/h3-5H,9H2,1-2H3. The van der Waals surface area contributed by atoms with Gasteiger partial charge in [-0.1, -0.05) is 23.4 Å². The van der Waals surface area contributed by atoms with Crippen molar-refractivity contribution in [3.05, 3.63) is 29.3 Å². The average Bonchev–Trinajstić information content (AvgIpc) is 1.83. The molecule has 1 radical (unpaired) electrons. The van der Waals surface area contributed by atoms with Gasteiger partial charge in [-0.05, 0) is 25.0 Å². The van der Waals surface area contributed by atoms with Gasteiger partial charge in [0.1, 0.15) is 0 Å². The third kappa shape index (κ3) is 1.22. The van der Waals surface area contributed by atoms with Gasteiger partial charge in [-0.15, -0.1) is 0 Å². The molecule has 0 heterocycles. The van der Waals surface area contributed by atoms with E-state index in [1.54, 1.807) is 0 Å². The molecule has 1 aromatic carbocycles. The molecule has 0 amide bonds. The van der Waals surface area contributed by atoms with Crippen LogP contribution >= 0.6 is 0 Å². The van der Waals surface area contributed by atoms with Crippen molar-refractivity contribution in [2.24, 2.45) is 0 Å². The lowest BCUT2D eigenvalue weighted by Gasteiger charge is -2.00. The number of aryl methyl sites for hydroxylation is 1. The first kappa shape index (κ1) is 6.56. The molecule has 0 aliphatic heterocycles. The van der Waals surface area contributed by atoms with E-state index in [4.69, 9.17) is 0 Å². The Hall–Kier alpha value is -0.563. The maximum absolute atomic E-state index is 2.16. The van der Waals surface area contributed by atoms with E-state index in [1.807, 2.05) is 10.2 Å². The van der Waals surface area contributed by atoms with Crippen molar-refractivity contribution in [2.45, 2.75) is 13.8 Å². The summed E-state index contributed by atoms with van der Waals surface area (Å²) in [5, 5.41) is 1.41. The molecule has 0 unspecified atom stereocenters. The minimum absolute atomic E-state index is 1.39. The van der Waals surface area contributed by atoms with Gasteiger partial charge in [0, 0.05) is 10.2 Å². The molecule has 0 bridgehead atoms. The molecule has 0 atom stereocenters. The number of benzene rings is 1. The number of hydrogen-bond acceptors (Lipinski definition) is 0. The van der Waals surface area contributed by atoms with Crippen molar-refractivity contribution in [3.63, 3.8) is 0 Å². The Bertz CT molecular complexity index is 196. The lowest BCUT2D eigenvalue weighted by molar-refractivity contribution is 1.37. The maximum Gasteiger partial charge on any atom is 0.0480 e. The van der Waals surface area contributed by atoms with E-state index >= 15 is 0 Å². The molecule has 47 valence electrons. The van der Waals surface area contributed by atoms with Crippen LogP contribution in [0.25, 0.3) is 0 Å². The van der Waals surface area contributed by atoms with Crippen LogP contribution in [0.1, 0.15) is 11.1 Å². The van der Waals surface area contributed by atoms with Crippen LogP contribution in [-0.2, 0) is 0 Å². The van der Waals surface area contributed by atoms with Gasteiger partial charge in [0.25, 0.3) is 0 Å². The molecule has 9 heavy (non-hydrogen) atoms. The summed E-state index contributed by atoms with van der Waals surface area (Å²) in [4.78, 5) is 0. The van der Waals surface area contributed by atoms with E-state index in [9.17, 15) is 0 Å². The molecule has 0 saturated heterocycles. The fourth-order valence-electron chi connectivity index (χ4n) is 0.812. The lowest BCUT2D eigenvalue weighted by atomic mass is 10.1. The SMILES string of the molecule is Cc1cccc([SiH2])c1C. The highest BCUT2D eigenvalue weighted by molar-refractivity contribution is 6.33. The second kappa shape index (κ2) is 2.36. The summed E-state index contributed by atoms with van der Waals surface area (Å²) in [6, 6.07) is 6.40. The molecule has 0 fully saturated rings. The Morgan fingerprint density at radius 1 is 1.22 bits per heavy atom. The fourth-order valence-corrected chi connectivity index (χ4v) is 1.23. The van der Waals surface area contributed by atoms with Gasteiger partial charge in [-0.25, -0.2) is 0 Å². The largest absolute Gasteiger partial charge is 0.0666 e. The number of rotatable bonds is 0. The molecule has 1 heteroatoms. The normalized spacial score (nSPS) is 9.67. The predicted molar refractivity (Wildman–Crippen MR) is 44.1 cm³/mol. The molecule has 1 rings (SSSR count). The first-order valence-electron chi connectivity index (χ1n) is 3.10. The molecular formula is C8H11Si. The minimum atomic E-state index is 1.39. The van der Waals surface area contributed by atoms with Gasteiger partial charge >= 0.3 is 0 Å². The highest BCUT2D eigenvalue weighted by Gasteiger charge is 1.91. The van der Waals surface area contributed by atoms with Gasteiger partial charge < -0.3 is 0 Å². The Kier molecular flexibility index (Phi) is 1.72. The highest BCUT2D eigenvalue weighted by Crippen LogP contribution is 1.99. The van der Waals surface area contributed by atoms with E-state index in [-0.39, 0.29) is 0 Å². The van der Waals surface area contributed by atoms with Gasteiger partial charge in [-0.3, -0.25) is 0 Å². The zero-order valence-electron chi connectivity index (χ0n) is 5.94. The summed E-state index contributed by atoms with van der Waals surface area (Å²) in [5.41, 5.74) is 2.82. The fraction of sp³-hybridized carbons (Fsp3) is 0.250. The van der Waals surface area contributed by atoms with Crippen molar-refractivity contribution in [1.82, 2.24) is 0 Å². The monoisotopic (exact) mass is 135 g/mol. The van der Waals surface area contributed by atoms with Crippen LogP contribution in [0.2, 0.25) is 0 Å². The molecule has 0 aliphatic rings. The van der Waals surface area contributed by atoms with Gasteiger partial charge in [0.05, 0.1) is 0 Å². The van der Waals surface area contributed by atoms with Crippen molar-refractivity contribution in [3.8, 4) is 0 Å². The molecule has 1 aromatic rings. The van der Waals surface area contributed by atoms with Crippen LogP contribution in [-0.4, -0.2) is 10.2 Å². The van der Waals surface area contributed by atoms with Crippen LogP contribution in [0.4, 0.5) is 0 Å². The molecular weight excluding hydrogens is 124 g/mol. The second-order valence-electron chi connectivity index (χ2n) is 2.36. The molecule has 0 saturated carbocycles. The molecule has 0 aromatic heterocycles. The van der Waals surface area contributed by atoms with E-state index in [0.29, 0.717) is 0 Å². The van der Waals surface area contributed by atoms with Crippen LogP contribution < -0.4 is 5.19 Å². The Balaban J connectivity index is 3.25. The first-order valence-corrected chi connectivity index (χ1v) is 3.80. The summed E-state index contributed by atoms with van der Waals surface area (Å²) in [6.07, 6.45) is 0. The first-order chi connectivity index (χ1) is 4.22. The Labute approximate surface area is 59.3 Å². The van der Waals surface area contributed by atoms with Crippen LogP contribution in [0.5, 0.6) is 0 Å². The number of hydrogen-bond donors (Lipinski definition) is 0. The van der Waals surface area contributed by atoms with E-state index in [0.717, 1.165) is 0 Å². The average molecular weight is 135 g/mol. The molecule has 0 spiro atoms. The van der Waals surface area contributed by atoms with Gasteiger partial charge in [0.15, 0.2) is 0 Å². The smallest absolute Gasteiger partial charge is 0.0480 e. The Morgan fingerprint density at radius 2 is 1.89 bits per heavy atom. The molecule has 0 aliphatic carbocycles. The molecule has 0 nitrogen and oxygen atoms in total. The van der Waals surface area contributed by atoms with Gasteiger partial charge in [0.2, 0.25) is 0 Å². The summed E-state index contributed by atoms with van der Waals surface area (Å²) in [6.45, 7) is 4.31. The van der Waals surface area contributed by atoms with Crippen LogP contribution in [0.15, 0.2) is 18.2 Å². The predicted octanol–water partition coefficient (Wildman–Crippen LogP) is 0.562. The quantitative estimate of drug-likeness (QED) is 0.456. The van der Waals surface area contributed by atoms with Crippen LogP contribution in [0.3, 0.4) is 0 Å². The lowest BCUT2D eigenvalue weighted by Crippen LogP contribution is -2.07. The third-order valence-corrected chi connectivity index (χ3v) is 2.48.